The lowest BCUT2D eigenvalue weighted by Gasteiger charge is -2.43. The molecule has 4 aromatic rings. The van der Waals surface area contributed by atoms with Crippen LogP contribution in [0.1, 0.15) is 28.8 Å². The average Bonchev–Trinajstić information content (AvgIpc) is 3.31. The maximum absolute atomic E-state index is 14.1. The molecule has 220 valence electrons. The summed E-state index contributed by atoms with van der Waals surface area (Å²) in [6.07, 6.45) is 1.61. The molecule has 2 fully saturated rings. The van der Waals surface area contributed by atoms with Crippen LogP contribution in [0, 0.1) is 0 Å². The third-order valence-electron chi connectivity index (χ3n) is 8.72. The molecule has 8 heteroatoms. The number of nitrogens with one attached hydrogen (secondary N) is 1. The highest BCUT2D eigenvalue weighted by Crippen LogP contribution is 2.40. The predicted molar refractivity (Wildman–Crippen MR) is 167 cm³/mol. The van der Waals surface area contributed by atoms with E-state index in [0.717, 1.165) is 27.8 Å². The summed E-state index contributed by atoms with van der Waals surface area (Å²) in [5, 5.41) is 4.93. The Hall–Kier alpha value is -4.85. The fourth-order valence-electron chi connectivity index (χ4n) is 6.46. The van der Waals surface area contributed by atoms with Crippen LogP contribution in [0.3, 0.4) is 0 Å². The first-order valence-electron chi connectivity index (χ1n) is 14.8. The summed E-state index contributed by atoms with van der Waals surface area (Å²) in [6, 6.07) is 31.3. The van der Waals surface area contributed by atoms with Gasteiger partial charge in [-0.3, -0.25) is 14.4 Å². The topological polar surface area (TPSA) is 82.2 Å². The molecule has 0 atom stereocenters. The van der Waals surface area contributed by atoms with Crippen molar-refractivity contribution in [2.75, 3.05) is 44.9 Å². The smallest absolute Gasteiger partial charge is 0.254 e. The van der Waals surface area contributed by atoms with Gasteiger partial charge in [-0.15, -0.1) is 0 Å². The number of rotatable bonds is 8. The van der Waals surface area contributed by atoms with Gasteiger partial charge in [-0.1, -0.05) is 72.8 Å². The van der Waals surface area contributed by atoms with Crippen molar-refractivity contribution in [2.45, 2.75) is 24.8 Å². The van der Waals surface area contributed by atoms with Gasteiger partial charge in [-0.05, 0) is 59.9 Å². The van der Waals surface area contributed by atoms with Gasteiger partial charge in [0.15, 0.2) is 0 Å². The van der Waals surface area contributed by atoms with Gasteiger partial charge in [0.05, 0.1) is 13.8 Å². The number of carbonyl (C=O) groups excluding carboxylic acids is 3. The molecule has 0 unspecified atom stereocenters. The zero-order valence-electron chi connectivity index (χ0n) is 24.4. The van der Waals surface area contributed by atoms with Crippen LogP contribution in [0.15, 0.2) is 97.1 Å². The Bertz CT molecular complexity index is 1630. The lowest BCUT2D eigenvalue weighted by Crippen LogP contribution is -2.57. The molecule has 0 bridgehead atoms. The first kappa shape index (κ1) is 28.3. The van der Waals surface area contributed by atoms with Crippen LogP contribution in [-0.4, -0.2) is 73.0 Å². The standard InChI is InChI=1S/C35H36N4O4/c1-43-31-17-8-6-11-27(31)18-21-36-32(40)24-38-25-39(28-13-3-2-4-14-28)35(34(38)42)19-22-37(23-20-35)33(41)30-16-9-12-26-10-5-7-15-29(26)30/h2-17H,18-25H2,1H3,(H,36,40). The van der Waals surface area contributed by atoms with Crippen LogP contribution >= 0.6 is 0 Å². The molecule has 1 N–H and O–H groups in total. The Morgan fingerprint density at radius 1 is 0.860 bits per heavy atom. The molecule has 0 radical (unpaired) electrons. The molecular weight excluding hydrogens is 540 g/mol. The number of piperidine rings is 1. The maximum atomic E-state index is 14.1. The van der Waals surface area contributed by atoms with Gasteiger partial charge in [0.2, 0.25) is 5.91 Å². The van der Waals surface area contributed by atoms with Crippen molar-refractivity contribution in [2.24, 2.45) is 0 Å². The monoisotopic (exact) mass is 576 g/mol. The number of carbonyl (C=O) groups is 3. The van der Waals surface area contributed by atoms with Gasteiger partial charge in [-0.2, -0.15) is 0 Å². The van der Waals surface area contributed by atoms with E-state index >= 15 is 0 Å². The number of methoxy groups -OCH3 is 1. The largest absolute Gasteiger partial charge is 0.496 e. The van der Waals surface area contributed by atoms with Crippen molar-refractivity contribution in [3.05, 3.63) is 108 Å². The number of hydrogen-bond acceptors (Lipinski definition) is 5. The Kier molecular flexibility index (Phi) is 8.01. The molecule has 6 rings (SSSR count). The van der Waals surface area contributed by atoms with Crippen molar-refractivity contribution in [1.82, 2.24) is 15.1 Å². The van der Waals surface area contributed by atoms with Crippen molar-refractivity contribution < 1.29 is 19.1 Å². The highest BCUT2D eigenvalue weighted by Gasteiger charge is 2.54. The van der Waals surface area contributed by atoms with E-state index in [2.05, 4.69) is 10.2 Å². The van der Waals surface area contributed by atoms with Crippen LogP contribution in [0.25, 0.3) is 10.8 Å². The van der Waals surface area contributed by atoms with Gasteiger partial charge >= 0.3 is 0 Å². The van der Waals surface area contributed by atoms with Crippen LogP contribution in [-0.2, 0) is 16.0 Å². The Morgan fingerprint density at radius 2 is 1.56 bits per heavy atom. The second kappa shape index (κ2) is 12.2. The molecule has 3 amide bonds. The summed E-state index contributed by atoms with van der Waals surface area (Å²) >= 11 is 0. The van der Waals surface area contributed by atoms with E-state index in [-0.39, 0.29) is 24.3 Å². The number of likely N-dealkylation sites (tertiary alicyclic amines) is 1. The summed E-state index contributed by atoms with van der Waals surface area (Å²) in [4.78, 5) is 46.4. The molecule has 1 spiro atoms. The van der Waals surface area contributed by atoms with Crippen LogP contribution in [0.4, 0.5) is 5.69 Å². The third-order valence-corrected chi connectivity index (χ3v) is 8.72. The molecule has 2 saturated heterocycles. The van der Waals surface area contributed by atoms with E-state index in [1.807, 2.05) is 102 Å². The first-order valence-corrected chi connectivity index (χ1v) is 14.8. The van der Waals surface area contributed by atoms with Gasteiger partial charge < -0.3 is 24.8 Å². The van der Waals surface area contributed by atoms with Crippen LogP contribution in [0.2, 0.25) is 0 Å². The summed E-state index contributed by atoms with van der Waals surface area (Å²) in [7, 11) is 1.63. The van der Waals surface area contributed by atoms with E-state index in [0.29, 0.717) is 51.1 Å². The summed E-state index contributed by atoms with van der Waals surface area (Å²) in [5.74, 6) is 0.511. The molecular formula is C35H36N4O4. The average molecular weight is 577 g/mol. The van der Waals surface area contributed by atoms with Crippen LogP contribution < -0.4 is 15.0 Å². The number of hydrogen-bond donors (Lipinski definition) is 1. The summed E-state index contributed by atoms with van der Waals surface area (Å²) in [6.45, 7) is 1.65. The fourth-order valence-corrected chi connectivity index (χ4v) is 6.46. The quantitative estimate of drug-likeness (QED) is 0.334. The van der Waals surface area contributed by atoms with Crippen LogP contribution in [0.5, 0.6) is 5.75 Å². The van der Waals surface area contributed by atoms with E-state index in [1.54, 1.807) is 12.0 Å². The molecule has 8 nitrogen and oxygen atoms in total. The van der Waals surface area contributed by atoms with Crippen molar-refractivity contribution in [3.63, 3.8) is 0 Å². The minimum absolute atomic E-state index is 0.0189. The number of anilines is 1. The number of para-hydroxylation sites is 2. The summed E-state index contributed by atoms with van der Waals surface area (Å²) < 4.78 is 5.41. The molecule has 4 aromatic carbocycles. The minimum Gasteiger partial charge on any atom is -0.496 e. The number of amides is 3. The molecule has 0 aliphatic carbocycles. The zero-order valence-corrected chi connectivity index (χ0v) is 24.4. The number of ether oxygens (including phenoxy) is 1. The van der Waals surface area contributed by atoms with E-state index in [9.17, 15) is 14.4 Å². The molecule has 2 heterocycles. The minimum atomic E-state index is -0.811. The Morgan fingerprint density at radius 3 is 2.35 bits per heavy atom. The number of fused-ring (bicyclic) bond motifs is 1. The Labute approximate surface area is 251 Å². The molecule has 0 aromatic heterocycles. The number of benzene rings is 4. The van der Waals surface area contributed by atoms with E-state index < -0.39 is 5.54 Å². The molecule has 0 saturated carbocycles. The van der Waals surface area contributed by atoms with Crippen molar-refractivity contribution in [3.8, 4) is 5.75 Å². The molecule has 43 heavy (non-hydrogen) atoms. The van der Waals surface area contributed by atoms with E-state index in [4.69, 9.17) is 4.74 Å². The lowest BCUT2D eigenvalue weighted by molar-refractivity contribution is -0.137. The van der Waals surface area contributed by atoms with Gasteiger partial charge in [-0.25, -0.2) is 0 Å². The highest BCUT2D eigenvalue weighted by molar-refractivity contribution is 6.07. The first-order chi connectivity index (χ1) is 21.0. The highest BCUT2D eigenvalue weighted by atomic mass is 16.5. The predicted octanol–water partition coefficient (Wildman–Crippen LogP) is 4.49. The number of nitrogens with zero attached hydrogens (tertiary/aromatic N) is 3. The summed E-state index contributed by atoms with van der Waals surface area (Å²) in [5.41, 5.74) is 1.82. The zero-order chi connectivity index (χ0) is 29.8. The normalized spacial score (nSPS) is 16.1. The SMILES string of the molecule is COc1ccccc1CCNC(=O)CN1CN(c2ccccc2)C2(CCN(C(=O)c3cccc4ccccc34)CC2)C1=O. The molecule has 2 aliphatic heterocycles. The van der Waals surface area contributed by atoms with Gasteiger partial charge in [0, 0.05) is 30.9 Å². The second-order valence-corrected chi connectivity index (χ2v) is 11.2. The Balaban J connectivity index is 1.15. The van der Waals surface area contributed by atoms with Gasteiger partial charge in [0.25, 0.3) is 11.8 Å². The molecule has 2 aliphatic rings. The van der Waals surface area contributed by atoms with Crippen molar-refractivity contribution in [1.29, 1.82) is 0 Å². The van der Waals surface area contributed by atoms with Crippen molar-refractivity contribution >= 4 is 34.2 Å². The fraction of sp³-hybridized carbons (Fsp3) is 0.286. The maximum Gasteiger partial charge on any atom is 0.254 e. The van der Waals surface area contributed by atoms with Gasteiger partial charge in [0.1, 0.15) is 17.8 Å². The third kappa shape index (κ3) is 5.52. The lowest BCUT2D eigenvalue weighted by atomic mass is 9.85. The van der Waals surface area contributed by atoms with E-state index in [1.165, 1.54) is 0 Å². The second-order valence-electron chi connectivity index (χ2n) is 11.2.